The van der Waals surface area contributed by atoms with E-state index in [0.717, 1.165) is 6.07 Å². The van der Waals surface area contributed by atoms with Crippen LogP contribution in [-0.4, -0.2) is 11.1 Å². The molecule has 0 radical (unpaired) electrons. The standard InChI is InChI=1S/C11H12F2O2/c1-6(2)7-3-8(5-10(14)15)11(13)9(12)4-7/h3-4,6H,5H2,1-2H3,(H,14,15). The Bertz CT molecular complexity index is 386. The maximum Gasteiger partial charge on any atom is 0.307 e. The maximum atomic E-state index is 13.2. The largest absolute Gasteiger partial charge is 0.481 e. The first-order valence-corrected chi connectivity index (χ1v) is 4.61. The third-order valence-electron chi connectivity index (χ3n) is 2.13. The second-order valence-electron chi connectivity index (χ2n) is 3.70. The van der Waals surface area contributed by atoms with Crippen LogP contribution in [0.5, 0.6) is 0 Å². The number of carboxylic acids is 1. The second kappa shape index (κ2) is 4.38. The molecule has 0 heterocycles. The van der Waals surface area contributed by atoms with Crippen molar-refractivity contribution in [1.29, 1.82) is 0 Å². The van der Waals surface area contributed by atoms with Crippen molar-refractivity contribution in [2.24, 2.45) is 0 Å². The summed E-state index contributed by atoms with van der Waals surface area (Å²) in [4.78, 5) is 10.4. The third kappa shape index (κ3) is 2.75. The molecule has 1 aromatic rings. The van der Waals surface area contributed by atoms with Crippen molar-refractivity contribution in [3.63, 3.8) is 0 Å². The molecule has 15 heavy (non-hydrogen) atoms. The van der Waals surface area contributed by atoms with Crippen LogP contribution in [0.2, 0.25) is 0 Å². The molecule has 4 heteroatoms. The monoisotopic (exact) mass is 214 g/mol. The van der Waals surface area contributed by atoms with Gasteiger partial charge in [0.25, 0.3) is 0 Å². The van der Waals surface area contributed by atoms with Gasteiger partial charge >= 0.3 is 5.97 Å². The van der Waals surface area contributed by atoms with Gasteiger partial charge in [-0.05, 0) is 17.5 Å². The molecule has 82 valence electrons. The molecule has 0 aliphatic rings. The van der Waals surface area contributed by atoms with Gasteiger partial charge in [0.05, 0.1) is 6.42 Å². The molecular weight excluding hydrogens is 202 g/mol. The lowest BCUT2D eigenvalue weighted by Gasteiger charge is -2.09. The molecule has 0 spiro atoms. The maximum absolute atomic E-state index is 13.2. The molecule has 0 saturated carbocycles. The van der Waals surface area contributed by atoms with Gasteiger partial charge in [-0.1, -0.05) is 19.9 Å². The summed E-state index contributed by atoms with van der Waals surface area (Å²) in [5.41, 5.74) is 0.497. The lowest BCUT2D eigenvalue weighted by molar-refractivity contribution is -0.136. The Hall–Kier alpha value is -1.45. The molecule has 0 fully saturated rings. The fourth-order valence-corrected chi connectivity index (χ4v) is 1.29. The number of hydrogen-bond donors (Lipinski definition) is 1. The minimum Gasteiger partial charge on any atom is -0.481 e. The Morgan fingerprint density at radius 3 is 2.47 bits per heavy atom. The molecule has 0 atom stereocenters. The summed E-state index contributed by atoms with van der Waals surface area (Å²) in [5, 5.41) is 8.52. The molecule has 2 nitrogen and oxygen atoms in total. The minimum atomic E-state index is -1.17. The highest BCUT2D eigenvalue weighted by molar-refractivity contribution is 5.70. The van der Waals surface area contributed by atoms with E-state index in [1.807, 2.05) is 13.8 Å². The fourth-order valence-electron chi connectivity index (χ4n) is 1.29. The van der Waals surface area contributed by atoms with E-state index in [1.54, 1.807) is 0 Å². The summed E-state index contributed by atoms with van der Waals surface area (Å²) in [6, 6.07) is 2.50. The zero-order chi connectivity index (χ0) is 11.6. The van der Waals surface area contributed by atoms with Crippen molar-refractivity contribution in [3.8, 4) is 0 Å². The van der Waals surface area contributed by atoms with Crippen molar-refractivity contribution < 1.29 is 18.7 Å². The predicted octanol–water partition coefficient (Wildman–Crippen LogP) is 2.72. The van der Waals surface area contributed by atoms with Crippen LogP contribution < -0.4 is 0 Å². The number of rotatable bonds is 3. The summed E-state index contributed by atoms with van der Waals surface area (Å²) in [6.45, 7) is 3.66. The third-order valence-corrected chi connectivity index (χ3v) is 2.13. The van der Waals surface area contributed by atoms with Gasteiger partial charge in [0.15, 0.2) is 11.6 Å². The van der Waals surface area contributed by atoms with E-state index < -0.39 is 24.0 Å². The first kappa shape index (κ1) is 11.6. The van der Waals surface area contributed by atoms with Gasteiger partial charge in [0, 0.05) is 5.56 Å². The minimum absolute atomic E-state index is 0.0349. The highest BCUT2D eigenvalue weighted by atomic mass is 19.2. The van der Waals surface area contributed by atoms with E-state index in [0.29, 0.717) is 5.56 Å². The van der Waals surface area contributed by atoms with Gasteiger partial charge in [-0.3, -0.25) is 4.79 Å². The van der Waals surface area contributed by atoms with Gasteiger partial charge in [0.1, 0.15) is 0 Å². The molecular formula is C11H12F2O2. The Morgan fingerprint density at radius 2 is 2.00 bits per heavy atom. The van der Waals surface area contributed by atoms with Crippen LogP contribution in [0, 0.1) is 11.6 Å². The van der Waals surface area contributed by atoms with E-state index in [2.05, 4.69) is 0 Å². The molecule has 1 N–H and O–H groups in total. The Kier molecular flexibility index (Phi) is 3.39. The smallest absolute Gasteiger partial charge is 0.307 e. The van der Waals surface area contributed by atoms with Gasteiger partial charge in [-0.25, -0.2) is 8.78 Å². The molecule has 0 unspecified atom stereocenters. The molecule has 1 aromatic carbocycles. The van der Waals surface area contributed by atoms with Gasteiger partial charge in [-0.2, -0.15) is 0 Å². The van der Waals surface area contributed by atoms with Crippen LogP contribution in [0.1, 0.15) is 30.9 Å². The van der Waals surface area contributed by atoms with Crippen molar-refractivity contribution >= 4 is 5.97 Å². The highest BCUT2D eigenvalue weighted by Gasteiger charge is 2.14. The molecule has 1 rings (SSSR count). The number of carboxylic acid groups (broad SMARTS) is 1. The lowest BCUT2D eigenvalue weighted by Crippen LogP contribution is -2.05. The molecule has 0 amide bonds. The van der Waals surface area contributed by atoms with E-state index in [1.165, 1.54) is 6.07 Å². The normalized spacial score (nSPS) is 10.7. The molecule has 0 bridgehead atoms. The van der Waals surface area contributed by atoms with Crippen LogP contribution in [0.15, 0.2) is 12.1 Å². The first-order chi connectivity index (χ1) is 6.91. The summed E-state index contributed by atoms with van der Waals surface area (Å²) >= 11 is 0. The van der Waals surface area contributed by atoms with Gasteiger partial charge < -0.3 is 5.11 Å². The Balaban J connectivity index is 3.18. The number of carbonyl (C=O) groups is 1. The molecule has 0 aliphatic heterocycles. The van der Waals surface area contributed by atoms with Gasteiger partial charge in [-0.15, -0.1) is 0 Å². The number of benzene rings is 1. The van der Waals surface area contributed by atoms with Crippen molar-refractivity contribution in [3.05, 3.63) is 34.9 Å². The van der Waals surface area contributed by atoms with Crippen LogP contribution in [0.25, 0.3) is 0 Å². The second-order valence-corrected chi connectivity index (χ2v) is 3.70. The van der Waals surface area contributed by atoms with Crippen molar-refractivity contribution in [1.82, 2.24) is 0 Å². The van der Waals surface area contributed by atoms with Crippen molar-refractivity contribution in [2.45, 2.75) is 26.2 Å². The predicted molar refractivity (Wildman–Crippen MR) is 51.8 cm³/mol. The zero-order valence-corrected chi connectivity index (χ0v) is 8.55. The number of halogens is 2. The summed E-state index contributed by atoms with van der Waals surface area (Å²) in [7, 11) is 0. The van der Waals surface area contributed by atoms with Crippen LogP contribution >= 0.6 is 0 Å². The quantitative estimate of drug-likeness (QED) is 0.839. The first-order valence-electron chi connectivity index (χ1n) is 4.61. The Labute approximate surface area is 86.5 Å². The van der Waals surface area contributed by atoms with Crippen LogP contribution in [0.4, 0.5) is 8.78 Å². The lowest BCUT2D eigenvalue weighted by atomic mass is 9.99. The van der Waals surface area contributed by atoms with Crippen LogP contribution in [-0.2, 0) is 11.2 Å². The Morgan fingerprint density at radius 1 is 1.40 bits per heavy atom. The summed E-state index contributed by atoms with van der Waals surface area (Å²) in [5.74, 6) is -3.19. The average Bonchev–Trinajstić information content (AvgIpc) is 2.11. The number of aliphatic carboxylic acids is 1. The average molecular weight is 214 g/mol. The molecule has 0 aliphatic carbocycles. The van der Waals surface area contributed by atoms with Crippen LogP contribution in [0.3, 0.4) is 0 Å². The van der Waals surface area contributed by atoms with E-state index in [4.69, 9.17) is 5.11 Å². The van der Waals surface area contributed by atoms with E-state index in [9.17, 15) is 13.6 Å². The van der Waals surface area contributed by atoms with E-state index >= 15 is 0 Å². The highest BCUT2D eigenvalue weighted by Crippen LogP contribution is 2.21. The SMILES string of the molecule is CC(C)c1cc(F)c(F)c(CC(=O)O)c1. The molecule has 0 saturated heterocycles. The van der Waals surface area contributed by atoms with Gasteiger partial charge in [0.2, 0.25) is 0 Å². The topological polar surface area (TPSA) is 37.3 Å². The summed E-state index contributed by atoms with van der Waals surface area (Å²) in [6.07, 6.45) is -0.497. The summed E-state index contributed by atoms with van der Waals surface area (Å²) < 4.78 is 26.2. The fraction of sp³-hybridized carbons (Fsp3) is 0.364. The van der Waals surface area contributed by atoms with E-state index in [-0.39, 0.29) is 11.5 Å². The zero-order valence-electron chi connectivity index (χ0n) is 8.55. The molecule has 0 aromatic heterocycles. The van der Waals surface area contributed by atoms with Crippen molar-refractivity contribution in [2.75, 3.05) is 0 Å². The number of hydrogen-bond acceptors (Lipinski definition) is 1.